The summed E-state index contributed by atoms with van der Waals surface area (Å²) in [6, 6.07) is 11.1. The van der Waals surface area contributed by atoms with E-state index in [1.165, 1.54) is 4.90 Å². The van der Waals surface area contributed by atoms with Crippen LogP contribution in [0.2, 0.25) is 0 Å². The van der Waals surface area contributed by atoms with Crippen molar-refractivity contribution in [3.63, 3.8) is 0 Å². The van der Waals surface area contributed by atoms with Crippen LogP contribution in [0.1, 0.15) is 18.4 Å². The minimum Gasteiger partial charge on any atom is -0.445 e. The number of benzene rings is 1. The van der Waals surface area contributed by atoms with E-state index in [-0.39, 0.29) is 17.1 Å². The van der Waals surface area contributed by atoms with Crippen molar-refractivity contribution in [1.29, 1.82) is 5.26 Å². The molecule has 9 heteroatoms. The lowest BCUT2D eigenvalue weighted by atomic mass is 9.88. The lowest BCUT2D eigenvalue weighted by molar-refractivity contribution is -0.746. The summed E-state index contributed by atoms with van der Waals surface area (Å²) < 4.78 is 5.93. The van der Waals surface area contributed by atoms with Crippen LogP contribution in [0.15, 0.2) is 64.1 Å². The van der Waals surface area contributed by atoms with Crippen LogP contribution in [-0.4, -0.2) is 39.1 Å². The van der Waals surface area contributed by atoms with Gasteiger partial charge in [-0.05, 0) is 18.4 Å². The number of quaternary nitrogens is 1. The fraction of sp³-hybridized carbons (Fsp3) is 0.300. The van der Waals surface area contributed by atoms with E-state index in [4.69, 9.17) is 10.6 Å². The first-order valence-corrected chi connectivity index (χ1v) is 10.1. The number of hydrogen-bond donors (Lipinski definition) is 1. The average Bonchev–Trinajstić information content (AvgIpc) is 3.03. The topological polar surface area (TPSA) is 104 Å². The molecular weight excluding hydrogens is 436 g/mol. The maximum Gasteiger partial charge on any atom is 0.411 e. The third-order valence-electron chi connectivity index (χ3n) is 5.34. The molecule has 3 aliphatic heterocycles. The van der Waals surface area contributed by atoms with Crippen LogP contribution in [-0.2, 0) is 11.3 Å². The molecule has 29 heavy (non-hydrogen) atoms. The van der Waals surface area contributed by atoms with Crippen LogP contribution in [0, 0.1) is 17.2 Å². The Morgan fingerprint density at radius 2 is 2.21 bits per heavy atom. The number of nitriles is 1. The molecule has 148 valence electrons. The van der Waals surface area contributed by atoms with Crippen molar-refractivity contribution in [2.75, 3.05) is 6.54 Å². The predicted molar refractivity (Wildman–Crippen MR) is 111 cm³/mol. The molecule has 1 saturated heterocycles. The minimum atomic E-state index is -0.588. The van der Waals surface area contributed by atoms with Crippen molar-refractivity contribution in [1.82, 2.24) is 4.90 Å². The van der Waals surface area contributed by atoms with E-state index in [0.717, 1.165) is 17.0 Å². The van der Waals surface area contributed by atoms with Gasteiger partial charge in [0.15, 0.2) is 0 Å². The summed E-state index contributed by atoms with van der Waals surface area (Å²) in [5.74, 6) is 6.42. The Bertz CT molecular complexity index is 980. The Morgan fingerprint density at radius 1 is 1.41 bits per heavy atom. The first-order chi connectivity index (χ1) is 14.0. The molecule has 1 aromatic rings. The Labute approximate surface area is 177 Å². The van der Waals surface area contributed by atoms with Crippen molar-refractivity contribution < 1.29 is 14.1 Å². The van der Waals surface area contributed by atoms with Crippen LogP contribution >= 0.6 is 15.9 Å². The molecular formula is C20H20BrN6O2+. The van der Waals surface area contributed by atoms with E-state index in [9.17, 15) is 10.1 Å². The van der Waals surface area contributed by atoms with Crippen molar-refractivity contribution >= 4 is 33.0 Å². The molecule has 2 N–H and O–H groups in total. The van der Waals surface area contributed by atoms with Gasteiger partial charge in [0, 0.05) is 28.4 Å². The van der Waals surface area contributed by atoms with E-state index in [0.29, 0.717) is 24.1 Å². The number of likely N-dealkylation sites (tertiary alicyclic amines) is 1. The highest BCUT2D eigenvalue weighted by Gasteiger charge is 2.46. The van der Waals surface area contributed by atoms with Crippen molar-refractivity contribution in [3.8, 4) is 6.07 Å². The molecule has 1 amide bonds. The van der Waals surface area contributed by atoms with Gasteiger partial charge in [-0.3, -0.25) is 9.89 Å². The van der Waals surface area contributed by atoms with Gasteiger partial charge in [-0.2, -0.15) is 16.1 Å². The Hall–Kier alpha value is -2.80. The van der Waals surface area contributed by atoms with E-state index >= 15 is 0 Å². The number of ether oxygens (including phenoxy) is 1. The lowest BCUT2D eigenvalue weighted by Crippen LogP contribution is -2.50. The SMILES string of the molecule is N#CC1CC(C2=C3C=NC=C[N+]3(N)C(Br)=N2)CCN1C(=O)OCc1ccccc1. The van der Waals surface area contributed by atoms with Crippen LogP contribution in [0.25, 0.3) is 0 Å². The van der Waals surface area contributed by atoms with Crippen LogP contribution < -0.4 is 5.84 Å². The first-order valence-electron chi connectivity index (χ1n) is 9.27. The maximum absolute atomic E-state index is 12.6. The van der Waals surface area contributed by atoms with Crippen molar-refractivity contribution in [2.24, 2.45) is 21.7 Å². The number of rotatable bonds is 3. The average molecular weight is 456 g/mol. The fourth-order valence-electron chi connectivity index (χ4n) is 3.75. The highest BCUT2D eigenvalue weighted by Crippen LogP contribution is 2.39. The van der Waals surface area contributed by atoms with Gasteiger partial charge in [-0.1, -0.05) is 30.3 Å². The number of hydrogen-bond acceptors (Lipinski definition) is 6. The molecule has 1 aromatic carbocycles. The van der Waals surface area contributed by atoms with Crippen molar-refractivity contribution in [2.45, 2.75) is 25.5 Å². The number of aliphatic imine (C=N–C) groups is 2. The number of fused-ring (bicyclic) bond motifs is 1. The zero-order chi connectivity index (χ0) is 20.4. The summed E-state index contributed by atoms with van der Waals surface area (Å²) in [6.45, 7) is 0.595. The lowest BCUT2D eigenvalue weighted by Gasteiger charge is -2.35. The second kappa shape index (κ2) is 7.91. The molecule has 3 atom stereocenters. The first kappa shape index (κ1) is 19.5. The second-order valence-electron chi connectivity index (χ2n) is 7.10. The number of allylic oxidation sites excluding steroid dienone is 2. The number of carbonyl (C=O) groups is 1. The summed E-state index contributed by atoms with van der Waals surface area (Å²) >= 11 is 3.45. The Balaban J connectivity index is 1.46. The van der Waals surface area contributed by atoms with Gasteiger partial charge < -0.3 is 4.74 Å². The highest BCUT2D eigenvalue weighted by molar-refractivity contribution is 9.18. The molecule has 3 unspecified atom stereocenters. The fourth-order valence-corrected chi connectivity index (χ4v) is 4.25. The van der Waals surface area contributed by atoms with Gasteiger partial charge in [0.1, 0.15) is 24.5 Å². The van der Waals surface area contributed by atoms with Gasteiger partial charge in [-0.15, -0.1) is 4.59 Å². The molecule has 3 aliphatic rings. The zero-order valence-corrected chi connectivity index (χ0v) is 17.2. The molecule has 0 saturated carbocycles. The second-order valence-corrected chi connectivity index (χ2v) is 7.81. The smallest absolute Gasteiger partial charge is 0.411 e. The maximum atomic E-state index is 12.6. The summed E-state index contributed by atoms with van der Waals surface area (Å²) in [5, 5.41) is 9.66. The zero-order valence-electron chi connectivity index (χ0n) is 15.6. The monoisotopic (exact) mass is 455 g/mol. The highest BCUT2D eigenvalue weighted by atomic mass is 79.9. The van der Waals surface area contributed by atoms with Crippen LogP contribution in [0.3, 0.4) is 0 Å². The number of nitrogens with two attached hydrogens (primary N) is 1. The molecule has 8 nitrogen and oxygen atoms in total. The van der Waals surface area contributed by atoms with Crippen LogP contribution in [0.4, 0.5) is 4.79 Å². The van der Waals surface area contributed by atoms with E-state index in [2.05, 4.69) is 32.0 Å². The van der Waals surface area contributed by atoms with Gasteiger partial charge in [-0.25, -0.2) is 4.79 Å². The molecule has 3 heterocycles. The summed E-state index contributed by atoms with van der Waals surface area (Å²) in [6.07, 6.45) is 5.74. The predicted octanol–water partition coefficient (Wildman–Crippen LogP) is 3.15. The summed E-state index contributed by atoms with van der Waals surface area (Å²) in [5.41, 5.74) is 2.49. The van der Waals surface area contributed by atoms with E-state index < -0.39 is 12.1 Å². The minimum absolute atomic E-state index is 0.00173. The standard InChI is InChI=1S/C20H20BrN6O2/c21-19-25-18(17-12-24-7-9-27(17,19)23)15-6-8-26(16(10-15)11-22)20(28)29-13-14-4-2-1-3-5-14/h1-5,7,9,12,15-16H,6,8,10,13,23H2/q+1. The number of amidine groups is 1. The van der Waals surface area contributed by atoms with E-state index in [1.54, 1.807) is 18.6 Å². The number of halogens is 1. The number of carbonyl (C=O) groups excluding carboxylic acids is 1. The molecule has 0 spiro atoms. The quantitative estimate of drug-likeness (QED) is 0.429. The Morgan fingerprint density at radius 3 is 2.97 bits per heavy atom. The van der Waals surface area contributed by atoms with E-state index in [1.807, 2.05) is 30.3 Å². The largest absolute Gasteiger partial charge is 0.445 e. The normalized spacial score (nSPS) is 28.0. The molecule has 4 rings (SSSR count). The van der Waals surface area contributed by atoms with Gasteiger partial charge >= 0.3 is 10.8 Å². The molecule has 0 bridgehead atoms. The third kappa shape index (κ3) is 3.62. The molecule has 0 aromatic heterocycles. The van der Waals surface area contributed by atoms with Gasteiger partial charge in [0.2, 0.25) is 5.70 Å². The number of nitrogens with zero attached hydrogens (tertiary/aromatic N) is 5. The molecule has 1 fully saturated rings. The summed E-state index contributed by atoms with van der Waals surface area (Å²) in [4.78, 5) is 22.8. The third-order valence-corrected chi connectivity index (χ3v) is 6.11. The summed E-state index contributed by atoms with van der Waals surface area (Å²) in [7, 11) is 0. The van der Waals surface area contributed by atoms with Gasteiger partial charge in [0.05, 0.1) is 18.5 Å². The van der Waals surface area contributed by atoms with Gasteiger partial charge in [0.25, 0.3) is 0 Å². The van der Waals surface area contributed by atoms with Crippen molar-refractivity contribution in [3.05, 3.63) is 59.7 Å². The molecule has 0 radical (unpaired) electrons. The Kier molecular flexibility index (Phi) is 5.32. The number of amides is 1. The number of piperidine rings is 1. The van der Waals surface area contributed by atoms with Crippen LogP contribution in [0.5, 0.6) is 0 Å². The molecule has 0 aliphatic carbocycles.